The van der Waals surface area contributed by atoms with E-state index in [1.54, 1.807) is 12.1 Å². The van der Waals surface area contributed by atoms with Crippen LogP contribution in [0, 0.1) is 0 Å². The van der Waals surface area contributed by atoms with Crippen LogP contribution in [0.5, 0.6) is 0 Å². The first-order chi connectivity index (χ1) is 6.63. The first kappa shape index (κ1) is 15.1. The van der Waals surface area contributed by atoms with Gasteiger partial charge in [-0.1, -0.05) is 23.7 Å². The smallest absolute Gasteiger partial charge is 0.165 e. The summed E-state index contributed by atoms with van der Waals surface area (Å²) in [6.45, 7) is 0.404. The Hall–Kier alpha value is 0.110. The Kier molecular flexibility index (Phi) is 7.45. The maximum atomic E-state index is 8.91. The lowest BCUT2D eigenvalue weighted by Crippen LogP contribution is -2.15. The highest BCUT2D eigenvalue weighted by molar-refractivity contribution is 7.45. The molecule has 1 unspecified atom stereocenters. The largest absolute Gasteiger partial charge is 0.350 e. The molecule has 1 aromatic carbocycles. The lowest BCUT2D eigenvalue weighted by Gasteiger charge is -2.15. The molecule has 86 valence electrons. The van der Waals surface area contributed by atoms with E-state index < -0.39 is 8.38 Å². The van der Waals surface area contributed by atoms with Gasteiger partial charge in [-0.2, -0.15) is 0 Å². The molecule has 1 atom stereocenters. The van der Waals surface area contributed by atoms with Crippen molar-refractivity contribution in [1.29, 1.82) is 0 Å². The number of halogens is 2. The fourth-order valence-electron chi connectivity index (χ4n) is 1.25. The molecule has 0 aromatic heterocycles. The van der Waals surface area contributed by atoms with Gasteiger partial charge >= 0.3 is 0 Å². The van der Waals surface area contributed by atoms with Crippen LogP contribution in [0.25, 0.3) is 0 Å². The fraction of sp³-hybridized carbons (Fsp3) is 0.333. The van der Waals surface area contributed by atoms with Gasteiger partial charge in [-0.05, 0) is 24.2 Å². The SMILES string of the molecule is Cl.NCC(CP(O)O)c1ccc(Cl)cc1. The van der Waals surface area contributed by atoms with Crippen molar-refractivity contribution in [2.45, 2.75) is 5.92 Å². The van der Waals surface area contributed by atoms with Crippen LogP contribution < -0.4 is 5.73 Å². The fourth-order valence-corrected chi connectivity index (χ4v) is 2.13. The van der Waals surface area contributed by atoms with Gasteiger partial charge in [0.05, 0.1) is 0 Å². The van der Waals surface area contributed by atoms with Crippen LogP contribution in [0.15, 0.2) is 24.3 Å². The Morgan fingerprint density at radius 2 is 1.80 bits per heavy atom. The molecule has 1 aromatic rings. The second-order valence-electron chi connectivity index (χ2n) is 3.04. The second kappa shape index (κ2) is 7.39. The van der Waals surface area contributed by atoms with Crippen molar-refractivity contribution in [3.63, 3.8) is 0 Å². The van der Waals surface area contributed by atoms with Crippen molar-refractivity contribution in [3.8, 4) is 0 Å². The van der Waals surface area contributed by atoms with Gasteiger partial charge in [0.2, 0.25) is 0 Å². The third kappa shape index (κ3) is 5.12. The van der Waals surface area contributed by atoms with Crippen LogP contribution in [-0.2, 0) is 0 Å². The summed E-state index contributed by atoms with van der Waals surface area (Å²) < 4.78 is 0. The van der Waals surface area contributed by atoms with Crippen molar-refractivity contribution < 1.29 is 9.79 Å². The Bertz CT molecular complexity index is 282. The van der Waals surface area contributed by atoms with Gasteiger partial charge in [0.1, 0.15) is 0 Å². The third-order valence-corrected chi connectivity index (χ3v) is 3.03. The van der Waals surface area contributed by atoms with E-state index in [4.69, 9.17) is 27.1 Å². The molecule has 6 heteroatoms. The zero-order valence-electron chi connectivity index (χ0n) is 8.01. The van der Waals surface area contributed by atoms with E-state index in [0.29, 0.717) is 17.7 Å². The van der Waals surface area contributed by atoms with Crippen molar-refractivity contribution in [2.24, 2.45) is 5.73 Å². The molecule has 1 rings (SSSR count). The molecule has 0 saturated heterocycles. The summed E-state index contributed by atoms with van der Waals surface area (Å²) in [5.41, 5.74) is 6.54. The van der Waals surface area contributed by atoms with E-state index in [-0.39, 0.29) is 18.3 Å². The van der Waals surface area contributed by atoms with Crippen LogP contribution in [0.3, 0.4) is 0 Å². The molecule has 0 aliphatic carbocycles. The Balaban J connectivity index is 0.00000196. The average molecular weight is 270 g/mol. The van der Waals surface area contributed by atoms with Crippen molar-refractivity contribution in [2.75, 3.05) is 12.7 Å². The van der Waals surface area contributed by atoms with Gasteiger partial charge in [-0.25, -0.2) is 0 Å². The van der Waals surface area contributed by atoms with Crippen molar-refractivity contribution in [1.82, 2.24) is 0 Å². The second-order valence-corrected chi connectivity index (χ2v) is 4.59. The lowest BCUT2D eigenvalue weighted by molar-refractivity contribution is 0.476. The summed E-state index contributed by atoms with van der Waals surface area (Å²) in [4.78, 5) is 17.8. The molecule has 3 nitrogen and oxygen atoms in total. The van der Waals surface area contributed by atoms with E-state index in [2.05, 4.69) is 0 Å². The molecule has 15 heavy (non-hydrogen) atoms. The normalized spacial score (nSPS) is 12.3. The molecule has 0 fully saturated rings. The highest BCUT2D eigenvalue weighted by Crippen LogP contribution is 2.31. The van der Waals surface area contributed by atoms with E-state index >= 15 is 0 Å². The van der Waals surface area contributed by atoms with Crippen LogP contribution >= 0.6 is 32.4 Å². The number of rotatable bonds is 4. The maximum absolute atomic E-state index is 8.91. The van der Waals surface area contributed by atoms with Crippen LogP contribution in [0.4, 0.5) is 0 Å². The topological polar surface area (TPSA) is 66.5 Å². The van der Waals surface area contributed by atoms with Crippen LogP contribution in [0.1, 0.15) is 11.5 Å². The summed E-state index contributed by atoms with van der Waals surface area (Å²) in [5, 5.41) is 0.666. The summed E-state index contributed by atoms with van der Waals surface area (Å²) in [7, 11) is -1.89. The number of hydrogen-bond donors (Lipinski definition) is 3. The van der Waals surface area contributed by atoms with Crippen molar-refractivity contribution in [3.05, 3.63) is 34.9 Å². The molecule has 0 heterocycles. The monoisotopic (exact) mass is 269 g/mol. The average Bonchev–Trinajstić information content (AvgIpc) is 2.15. The van der Waals surface area contributed by atoms with Crippen LogP contribution in [0.2, 0.25) is 5.02 Å². The summed E-state index contributed by atoms with van der Waals surface area (Å²) >= 11 is 5.74. The van der Waals surface area contributed by atoms with E-state index in [1.807, 2.05) is 12.1 Å². The van der Waals surface area contributed by atoms with E-state index in [1.165, 1.54) is 0 Å². The predicted octanol–water partition coefficient (Wildman–Crippen LogP) is 2.10. The van der Waals surface area contributed by atoms with E-state index in [9.17, 15) is 0 Å². The minimum atomic E-state index is -1.89. The molecule has 0 radical (unpaired) electrons. The number of hydrogen-bond acceptors (Lipinski definition) is 3. The maximum Gasteiger partial charge on any atom is 0.165 e. The zero-order chi connectivity index (χ0) is 10.6. The molecule has 0 aliphatic heterocycles. The summed E-state index contributed by atoms with van der Waals surface area (Å²) in [5.74, 6) is -0.00613. The lowest BCUT2D eigenvalue weighted by atomic mass is 10.0. The highest BCUT2D eigenvalue weighted by atomic mass is 35.5. The first-order valence-corrected chi connectivity index (χ1v) is 6.05. The Morgan fingerprint density at radius 1 is 1.27 bits per heavy atom. The quantitative estimate of drug-likeness (QED) is 0.734. The van der Waals surface area contributed by atoms with Gasteiger partial charge in [-0.3, -0.25) is 0 Å². The van der Waals surface area contributed by atoms with Gasteiger partial charge in [0, 0.05) is 17.1 Å². The van der Waals surface area contributed by atoms with Crippen LogP contribution in [-0.4, -0.2) is 22.5 Å². The molecular formula is C9H14Cl2NO2P. The highest BCUT2D eigenvalue weighted by Gasteiger charge is 2.13. The minimum Gasteiger partial charge on any atom is -0.350 e. The summed E-state index contributed by atoms with van der Waals surface area (Å²) in [6, 6.07) is 7.27. The first-order valence-electron chi connectivity index (χ1n) is 4.24. The third-order valence-electron chi connectivity index (χ3n) is 2.01. The minimum absolute atomic E-state index is 0. The van der Waals surface area contributed by atoms with Gasteiger partial charge in [0.25, 0.3) is 0 Å². The van der Waals surface area contributed by atoms with Gasteiger partial charge < -0.3 is 15.5 Å². The molecule has 0 aliphatic rings. The molecule has 0 saturated carbocycles. The molecular weight excluding hydrogens is 256 g/mol. The molecule has 0 spiro atoms. The zero-order valence-corrected chi connectivity index (χ0v) is 10.5. The summed E-state index contributed by atoms with van der Waals surface area (Å²) in [6.07, 6.45) is 0.313. The molecule has 0 bridgehead atoms. The van der Waals surface area contributed by atoms with Gasteiger partial charge in [-0.15, -0.1) is 12.4 Å². The van der Waals surface area contributed by atoms with Gasteiger partial charge in [0.15, 0.2) is 8.38 Å². The van der Waals surface area contributed by atoms with Crippen molar-refractivity contribution >= 4 is 32.4 Å². The molecule has 0 amide bonds. The van der Waals surface area contributed by atoms with E-state index in [0.717, 1.165) is 5.56 Å². The molecule has 4 N–H and O–H groups in total. The Labute approximate surface area is 102 Å². The Morgan fingerprint density at radius 3 is 2.20 bits per heavy atom. The number of benzene rings is 1. The standard InChI is InChI=1S/C9H13ClNO2P.ClH/c10-9-3-1-7(2-4-9)8(5-11)6-14(12)13;/h1-4,8,12-13H,5-6,11H2;1H. The predicted molar refractivity (Wildman–Crippen MR) is 66.7 cm³/mol. The number of nitrogens with two attached hydrogens (primary N) is 1.